The molecule has 0 radical (unpaired) electrons. The van der Waals surface area contributed by atoms with Crippen LogP contribution in [0.2, 0.25) is 0 Å². The van der Waals surface area contributed by atoms with Crippen molar-refractivity contribution in [2.75, 3.05) is 25.3 Å². The Morgan fingerprint density at radius 1 is 1.27 bits per heavy atom. The van der Waals surface area contributed by atoms with Gasteiger partial charge in [0.1, 0.15) is 0 Å². The van der Waals surface area contributed by atoms with E-state index in [2.05, 4.69) is 23.1 Å². The van der Waals surface area contributed by atoms with E-state index in [-0.39, 0.29) is 16.9 Å². The maximum atomic E-state index is 11.1. The molecule has 0 atom stereocenters. The van der Waals surface area contributed by atoms with Gasteiger partial charge in [-0.25, -0.2) is 4.79 Å². The van der Waals surface area contributed by atoms with Gasteiger partial charge in [-0.15, -0.1) is 0 Å². The SMILES string of the molecule is CNC(=O)NC1CCC(C[SH](C)C)CC1. The lowest BCUT2D eigenvalue weighted by molar-refractivity contribution is 0.231. The molecule has 0 bridgehead atoms. The lowest BCUT2D eigenvalue weighted by atomic mass is 9.87. The minimum absolute atomic E-state index is 0.0355. The van der Waals surface area contributed by atoms with Crippen LogP contribution in [0, 0.1) is 5.92 Å². The van der Waals surface area contributed by atoms with Crippen molar-refractivity contribution in [3.8, 4) is 0 Å². The van der Waals surface area contributed by atoms with E-state index in [0.29, 0.717) is 6.04 Å². The summed E-state index contributed by atoms with van der Waals surface area (Å²) in [6, 6.07) is 0.368. The summed E-state index contributed by atoms with van der Waals surface area (Å²) in [7, 11) is 1.91. The molecular weight excluding hydrogens is 208 g/mol. The Morgan fingerprint density at radius 2 is 1.87 bits per heavy atom. The Hall–Kier alpha value is -0.380. The van der Waals surface area contributed by atoms with Crippen molar-refractivity contribution in [1.82, 2.24) is 10.6 Å². The zero-order chi connectivity index (χ0) is 11.3. The number of hydrogen-bond acceptors (Lipinski definition) is 1. The normalized spacial score (nSPS) is 27.0. The summed E-state index contributed by atoms with van der Waals surface area (Å²) in [6.45, 7) is 0. The van der Waals surface area contributed by atoms with Gasteiger partial charge in [-0.05, 0) is 49.9 Å². The van der Waals surface area contributed by atoms with E-state index < -0.39 is 0 Å². The highest BCUT2D eigenvalue weighted by Gasteiger charge is 2.22. The lowest BCUT2D eigenvalue weighted by Gasteiger charge is -2.30. The molecule has 3 nitrogen and oxygen atoms in total. The third-order valence-corrected chi connectivity index (χ3v) is 4.28. The average Bonchev–Trinajstić information content (AvgIpc) is 2.20. The van der Waals surface area contributed by atoms with E-state index in [1.165, 1.54) is 18.6 Å². The van der Waals surface area contributed by atoms with Crippen molar-refractivity contribution in [3.63, 3.8) is 0 Å². The first-order chi connectivity index (χ1) is 7.11. The Kier molecular flexibility index (Phi) is 5.29. The highest BCUT2D eigenvalue weighted by Crippen LogP contribution is 2.30. The summed E-state index contributed by atoms with van der Waals surface area (Å²) >= 11 is 0. The second-order valence-electron chi connectivity index (χ2n) is 4.70. The smallest absolute Gasteiger partial charge is 0.314 e. The number of urea groups is 1. The van der Waals surface area contributed by atoms with Crippen LogP contribution in [-0.2, 0) is 0 Å². The fraction of sp³-hybridized carbons (Fsp3) is 0.909. The van der Waals surface area contributed by atoms with Gasteiger partial charge in [0, 0.05) is 13.1 Å². The molecule has 0 aromatic heterocycles. The van der Waals surface area contributed by atoms with E-state index in [9.17, 15) is 4.79 Å². The van der Waals surface area contributed by atoms with Gasteiger partial charge in [0.2, 0.25) is 0 Å². The monoisotopic (exact) mass is 232 g/mol. The molecule has 1 aliphatic rings. The average molecular weight is 232 g/mol. The molecule has 0 aliphatic heterocycles. The molecule has 4 heteroatoms. The molecule has 0 unspecified atom stereocenters. The fourth-order valence-corrected chi connectivity index (χ4v) is 3.66. The second kappa shape index (κ2) is 6.26. The van der Waals surface area contributed by atoms with E-state index in [1.807, 2.05) is 0 Å². The number of nitrogens with one attached hydrogen (secondary N) is 2. The molecule has 1 fully saturated rings. The topological polar surface area (TPSA) is 41.1 Å². The van der Waals surface area contributed by atoms with Crippen LogP contribution in [0.1, 0.15) is 25.7 Å². The molecule has 0 aromatic carbocycles. The van der Waals surface area contributed by atoms with Crippen LogP contribution in [0.25, 0.3) is 0 Å². The molecule has 2 N–H and O–H groups in total. The van der Waals surface area contributed by atoms with Crippen LogP contribution in [-0.4, -0.2) is 37.4 Å². The molecule has 90 valence electrons. The zero-order valence-electron chi connectivity index (χ0n) is 10.0. The van der Waals surface area contributed by atoms with E-state index in [0.717, 1.165) is 18.8 Å². The largest absolute Gasteiger partial charge is 0.341 e. The highest BCUT2D eigenvalue weighted by molar-refractivity contribution is 8.15. The maximum absolute atomic E-state index is 11.1. The van der Waals surface area contributed by atoms with Gasteiger partial charge in [0.15, 0.2) is 0 Å². The van der Waals surface area contributed by atoms with Gasteiger partial charge in [0.05, 0.1) is 0 Å². The molecule has 0 aromatic rings. The highest BCUT2D eigenvalue weighted by atomic mass is 32.2. The van der Waals surface area contributed by atoms with Crippen molar-refractivity contribution in [2.45, 2.75) is 31.7 Å². The van der Waals surface area contributed by atoms with Gasteiger partial charge in [0.25, 0.3) is 0 Å². The summed E-state index contributed by atoms with van der Waals surface area (Å²) in [5.74, 6) is 2.32. The van der Waals surface area contributed by atoms with Crippen molar-refractivity contribution in [3.05, 3.63) is 0 Å². The number of amides is 2. The summed E-state index contributed by atoms with van der Waals surface area (Å²) in [4.78, 5) is 11.1. The van der Waals surface area contributed by atoms with Gasteiger partial charge in [-0.2, -0.15) is 0 Å². The van der Waals surface area contributed by atoms with Crippen LogP contribution in [0.3, 0.4) is 0 Å². The summed E-state index contributed by atoms with van der Waals surface area (Å²) in [5.41, 5.74) is 0. The first-order valence-electron chi connectivity index (χ1n) is 5.74. The molecule has 0 saturated heterocycles. The van der Waals surface area contributed by atoms with E-state index in [1.54, 1.807) is 7.05 Å². The minimum Gasteiger partial charge on any atom is -0.341 e. The molecule has 0 spiro atoms. The maximum Gasteiger partial charge on any atom is 0.314 e. The third kappa shape index (κ3) is 4.78. The van der Waals surface area contributed by atoms with E-state index >= 15 is 0 Å². The predicted octanol–water partition coefficient (Wildman–Crippen LogP) is 1.73. The number of thiol groups is 1. The molecule has 1 rings (SSSR count). The van der Waals surface area contributed by atoms with Crippen LogP contribution >= 0.6 is 10.9 Å². The molecule has 1 saturated carbocycles. The number of carbonyl (C=O) groups is 1. The zero-order valence-corrected chi connectivity index (χ0v) is 10.9. The Morgan fingerprint density at radius 3 is 2.33 bits per heavy atom. The van der Waals surface area contributed by atoms with Crippen molar-refractivity contribution < 1.29 is 4.79 Å². The van der Waals surface area contributed by atoms with Crippen LogP contribution in [0.15, 0.2) is 0 Å². The lowest BCUT2D eigenvalue weighted by Crippen LogP contribution is -2.42. The first kappa shape index (κ1) is 12.7. The number of carbonyl (C=O) groups excluding carboxylic acids is 1. The first-order valence-corrected chi connectivity index (χ1v) is 8.17. The summed E-state index contributed by atoms with van der Waals surface area (Å²) in [6.07, 6.45) is 9.58. The van der Waals surface area contributed by atoms with Gasteiger partial charge in [-0.3, -0.25) is 10.9 Å². The summed E-state index contributed by atoms with van der Waals surface area (Å²) in [5, 5.41) is 5.61. The van der Waals surface area contributed by atoms with Crippen LogP contribution in [0.4, 0.5) is 4.79 Å². The van der Waals surface area contributed by atoms with Crippen molar-refractivity contribution >= 4 is 16.9 Å². The van der Waals surface area contributed by atoms with Crippen LogP contribution < -0.4 is 10.6 Å². The molecule has 1 aliphatic carbocycles. The Balaban J connectivity index is 2.20. The van der Waals surface area contributed by atoms with Crippen molar-refractivity contribution in [2.24, 2.45) is 5.92 Å². The predicted molar refractivity (Wildman–Crippen MR) is 69.0 cm³/mol. The Labute approximate surface area is 95.7 Å². The van der Waals surface area contributed by atoms with E-state index in [4.69, 9.17) is 0 Å². The van der Waals surface area contributed by atoms with Gasteiger partial charge >= 0.3 is 6.03 Å². The minimum atomic E-state index is -0.0355. The molecular formula is C11H24N2OS. The third-order valence-electron chi connectivity index (χ3n) is 3.03. The standard InChI is InChI=1S/C11H24N2OS/c1-12-11(14)13-10-6-4-9(5-7-10)8-15(2)3/h9-10,15H,4-8H2,1-3H3,(H2,12,13,14). The molecule has 0 heterocycles. The van der Waals surface area contributed by atoms with Crippen molar-refractivity contribution in [1.29, 1.82) is 0 Å². The van der Waals surface area contributed by atoms with Crippen LogP contribution in [0.5, 0.6) is 0 Å². The fourth-order valence-electron chi connectivity index (χ4n) is 2.26. The van der Waals surface area contributed by atoms with Gasteiger partial charge < -0.3 is 10.6 Å². The summed E-state index contributed by atoms with van der Waals surface area (Å²) < 4.78 is 0. The Bertz CT molecular complexity index is 201. The number of rotatable bonds is 3. The van der Waals surface area contributed by atoms with Gasteiger partial charge in [-0.1, -0.05) is 0 Å². The quantitative estimate of drug-likeness (QED) is 0.637. The molecule has 2 amide bonds. The number of hydrogen-bond donors (Lipinski definition) is 3. The second-order valence-corrected chi connectivity index (χ2v) is 7.23. The molecule has 15 heavy (non-hydrogen) atoms.